The first-order chi connectivity index (χ1) is 31.0. The first-order valence-corrected chi connectivity index (χ1v) is 20.4. The summed E-state index contributed by atoms with van der Waals surface area (Å²) in [5.74, 6) is -13.7. The van der Waals surface area contributed by atoms with Crippen LogP contribution in [0.3, 0.4) is 0 Å². The Bertz CT molecular complexity index is 2390. The van der Waals surface area contributed by atoms with Crippen molar-refractivity contribution < 1.29 is 98.1 Å². The number of hydrogen-bond acceptors (Lipinski definition) is 20. The number of aliphatic carboxylic acids is 4. The third kappa shape index (κ3) is 25.0. The summed E-state index contributed by atoms with van der Waals surface area (Å²) < 4.78 is 2.64. The van der Waals surface area contributed by atoms with Crippen molar-refractivity contribution in [1.29, 1.82) is 0 Å². The number of pyridine rings is 2. The topological polar surface area (TPSA) is 323 Å². The van der Waals surface area contributed by atoms with Crippen LogP contribution < -0.4 is 20.4 Å². The molecule has 1 radical (unpaired) electrons. The number of carbonyl (C=O) groups excluding carboxylic acids is 12. The number of carbonyl (C=O) groups is 12. The van der Waals surface area contributed by atoms with Crippen molar-refractivity contribution in [2.24, 2.45) is 0 Å². The van der Waals surface area contributed by atoms with Crippen LogP contribution >= 0.6 is 22.7 Å². The van der Waals surface area contributed by atoms with E-state index in [1.807, 2.05) is 48.8 Å². The van der Waals surface area contributed by atoms with Gasteiger partial charge in [-0.15, -0.1) is 22.7 Å². The maximum atomic E-state index is 10.1. The average molecular weight is 1130 g/mol. The largest absolute Gasteiger partial charge is 4.00 e. The van der Waals surface area contributed by atoms with Gasteiger partial charge in [0.2, 0.25) is 0 Å². The van der Waals surface area contributed by atoms with Crippen molar-refractivity contribution in [1.82, 2.24) is 9.97 Å². The van der Waals surface area contributed by atoms with Crippen molar-refractivity contribution in [3.8, 4) is 21.1 Å². The predicted octanol–water partition coefficient (Wildman–Crippen LogP) is 1.06. The number of rotatable bonds is 14. The van der Waals surface area contributed by atoms with Crippen LogP contribution in [0.1, 0.15) is 53.4 Å². The van der Waals surface area contributed by atoms with Gasteiger partial charge >= 0.3 is 20.1 Å². The molecule has 349 valence electrons. The Morgan fingerprint density at radius 3 is 0.851 bits per heavy atom. The van der Waals surface area contributed by atoms with Gasteiger partial charge in [-0.2, -0.15) is 0 Å². The van der Waals surface area contributed by atoms with Gasteiger partial charge in [0.1, 0.15) is 47.0 Å². The van der Waals surface area contributed by atoms with Crippen molar-refractivity contribution in [2.75, 3.05) is 0 Å². The molecule has 6 rings (SSSR count). The van der Waals surface area contributed by atoms with Gasteiger partial charge in [0.15, 0.2) is 23.1 Å². The Morgan fingerprint density at radius 2 is 0.657 bits per heavy atom. The molecule has 2 aromatic carbocycles. The van der Waals surface area contributed by atoms with Crippen LogP contribution in [-0.4, -0.2) is 80.1 Å². The minimum Gasteiger partial charge on any atom is -0.542 e. The molecule has 0 atom stereocenters. The molecule has 0 fully saturated rings. The van der Waals surface area contributed by atoms with Gasteiger partial charge in [0.05, 0.1) is 46.8 Å². The van der Waals surface area contributed by atoms with E-state index in [9.17, 15) is 78.0 Å². The number of thiophene rings is 2. The standard InChI is InChI=1S/2C13H9NS.4C5H6O4.Ir/c2*1-2-7-12-10(5-1)9-13(15-12)11-6-3-4-8-14-11;4*1-3(6)2-4(7)5(8)9;/h2*1-9H;4*2H2,1H3,(H,8,9);/q;;;;;;+4/p-4. The van der Waals surface area contributed by atoms with Crippen molar-refractivity contribution >= 4 is 113 Å². The molecule has 0 unspecified atom stereocenters. The van der Waals surface area contributed by atoms with E-state index in [0.717, 1.165) is 39.1 Å². The van der Waals surface area contributed by atoms with Crippen LogP contribution in [0.2, 0.25) is 0 Å². The molecule has 0 N–H and O–H groups in total. The van der Waals surface area contributed by atoms with Gasteiger partial charge in [-0.1, -0.05) is 48.5 Å². The molecular weight excluding hydrogens is 1090 g/mol. The fourth-order valence-electron chi connectivity index (χ4n) is 4.43. The summed E-state index contributed by atoms with van der Waals surface area (Å²) in [5, 5.41) is 41.1. The molecule has 0 saturated carbocycles. The molecule has 21 heteroatoms. The molecule has 67 heavy (non-hydrogen) atoms. The van der Waals surface area contributed by atoms with Crippen LogP contribution in [0.15, 0.2) is 109 Å². The van der Waals surface area contributed by atoms with E-state index in [4.69, 9.17) is 0 Å². The van der Waals surface area contributed by atoms with Gasteiger partial charge in [-0.25, -0.2) is 0 Å². The van der Waals surface area contributed by atoms with Crippen LogP contribution in [-0.2, 0) is 77.6 Å². The smallest absolute Gasteiger partial charge is 0.542 e. The number of aromatic nitrogens is 2. The SMILES string of the molecule is CC(=O)CC(=O)C(=O)[O-].CC(=O)CC(=O)C(=O)[O-].CC(=O)CC(=O)C(=O)[O-].CC(=O)CC(=O)C(=O)[O-].[Ir+4].c1ccc(-c2cc3ccccc3s2)nc1.c1ccc(-c2cc3ccccc3s2)nc1. The minimum absolute atomic E-state index is 0. The summed E-state index contributed by atoms with van der Waals surface area (Å²) in [6.07, 6.45) is 1.40. The molecule has 4 aromatic heterocycles. The van der Waals surface area contributed by atoms with Gasteiger partial charge in [-0.3, -0.25) is 48.3 Å². The average Bonchev–Trinajstić information content (AvgIpc) is 3.90. The quantitative estimate of drug-likeness (QED) is 0.109. The zero-order chi connectivity index (χ0) is 49.9. The normalized spacial score (nSPS) is 9.37. The fourth-order valence-corrected chi connectivity index (χ4v) is 6.51. The minimum atomic E-state index is -1.80. The van der Waals surface area contributed by atoms with Crippen LogP contribution in [0.5, 0.6) is 0 Å². The maximum absolute atomic E-state index is 10.1. The van der Waals surface area contributed by atoms with E-state index in [0.29, 0.717) is 0 Å². The molecule has 0 aliphatic heterocycles. The second kappa shape index (κ2) is 31.4. The number of ketones is 8. The van der Waals surface area contributed by atoms with Gasteiger partial charge in [-0.05, 0) is 87.0 Å². The summed E-state index contributed by atoms with van der Waals surface area (Å²) in [5.41, 5.74) is 2.11. The molecular formula is C46H38IrN2O16S2. The second-order valence-corrected chi connectivity index (χ2v) is 15.3. The third-order valence-electron chi connectivity index (χ3n) is 7.23. The van der Waals surface area contributed by atoms with Gasteiger partial charge < -0.3 is 39.6 Å². The molecule has 0 aliphatic carbocycles. The number of nitrogens with zero attached hydrogens (tertiary/aromatic N) is 2. The summed E-state index contributed by atoms with van der Waals surface area (Å²) in [7, 11) is 0. The summed E-state index contributed by atoms with van der Waals surface area (Å²) in [6.45, 7) is 4.56. The van der Waals surface area contributed by atoms with E-state index >= 15 is 0 Å². The first-order valence-electron chi connectivity index (χ1n) is 18.8. The molecule has 6 aromatic rings. The Morgan fingerprint density at radius 1 is 0.403 bits per heavy atom. The first kappa shape index (κ1) is 59.5. The monoisotopic (exact) mass is 1130 g/mol. The maximum Gasteiger partial charge on any atom is 4.00 e. The van der Waals surface area contributed by atoms with E-state index in [2.05, 4.69) is 70.6 Å². The van der Waals surface area contributed by atoms with Crippen LogP contribution in [0, 0.1) is 0 Å². The third-order valence-corrected chi connectivity index (χ3v) is 9.51. The summed E-state index contributed by atoms with van der Waals surface area (Å²) in [6, 6.07) is 33.2. The Labute approximate surface area is 403 Å². The fraction of sp³-hybridized carbons (Fsp3) is 0.174. The molecule has 0 bridgehead atoms. The second-order valence-electron chi connectivity index (χ2n) is 13.1. The van der Waals surface area contributed by atoms with E-state index < -0.39 is 95.8 Å². The number of carboxylic acids is 4. The summed E-state index contributed by atoms with van der Waals surface area (Å²) in [4.78, 5) is 130. The van der Waals surface area contributed by atoms with Gasteiger partial charge in [0.25, 0.3) is 0 Å². The van der Waals surface area contributed by atoms with E-state index in [1.165, 1.54) is 29.9 Å². The Hall–Kier alpha value is -7.45. The molecule has 18 nitrogen and oxygen atoms in total. The van der Waals surface area contributed by atoms with Crippen LogP contribution in [0.25, 0.3) is 41.3 Å². The summed E-state index contributed by atoms with van der Waals surface area (Å²) >= 11 is 3.58. The molecule has 0 aliphatic rings. The Balaban J connectivity index is 0.000000796. The zero-order valence-corrected chi connectivity index (χ0v) is 39.8. The van der Waals surface area contributed by atoms with Gasteiger partial charge in [0, 0.05) is 21.8 Å². The number of benzene rings is 2. The van der Waals surface area contributed by atoms with E-state index in [-0.39, 0.29) is 20.1 Å². The predicted molar refractivity (Wildman–Crippen MR) is 231 cm³/mol. The molecule has 0 saturated heterocycles. The molecule has 4 heterocycles. The number of fused-ring (bicyclic) bond motifs is 2. The van der Waals surface area contributed by atoms with Crippen molar-refractivity contribution in [3.05, 3.63) is 109 Å². The van der Waals surface area contributed by atoms with Crippen molar-refractivity contribution in [2.45, 2.75) is 53.4 Å². The number of Topliss-reactive ketones (excluding diaryl/α,β-unsaturated/α-hetero) is 8. The number of hydrogen-bond donors (Lipinski definition) is 0. The molecule has 0 amide bonds. The van der Waals surface area contributed by atoms with Crippen molar-refractivity contribution in [3.63, 3.8) is 0 Å². The number of carboxylic acid groups (broad SMARTS) is 4. The Kier molecular flexibility index (Phi) is 27.9. The van der Waals surface area contributed by atoms with Crippen LogP contribution in [0.4, 0.5) is 0 Å². The molecule has 0 spiro atoms. The zero-order valence-electron chi connectivity index (χ0n) is 35.8. The van der Waals surface area contributed by atoms with E-state index in [1.54, 1.807) is 22.7 Å².